The average molecular weight is 166 g/mol. The number of carbonyl (C=O) groups is 1. The molecule has 0 aliphatic heterocycles. The number of aromatic nitrogens is 2. The Kier molecular flexibility index (Phi) is 2.57. The van der Waals surface area contributed by atoms with Crippen LogP contribution < -0.4 is 10.6 Å². The molecular formula is C7H10N4O. The van der Waals surface area contributed by atoms with Crippen LogP contribution in [0, 0.1) is 6.92 Å². The molecule has 0 aliphatic rings. The number of nitrogens with zero attached hydrogens (tertiary/aromatic N) is 2. The van der Waals surface area contributed by atoms with Crippen LogP contribution in [0.2, 0.25) is 0 Å². The maximum absolute atomic E-state index is 10.8. The number of aryl methyl sites for hydroxylation is 1. The molecule has 0 saturated heterocycles. The highest BCUT2D eigenvalue weighted by Gasteiger charge is 1.97. The molecule has 64 valence electrons. The Labute approximate surface area is 70.2 Å². The summed E-state index contributed by atoms with van der Waals surface area (Å²) in [5.74, 6) is 0.678. The molecule has 2 amide bonds. The van der Waals surface area contributed by atoms with Crippen LogP contribution in [0.15, 0.2) is 12.4 Å². The SMILES string of the molecule is CNC(=O)Nc1cnc(C)nc1. The Morgan fingerprint density at radius 2 is 2.00 bits per heavy atom. The van der Waals surface area contributed by atoms with Crippen molar-refractivity contribution in [1.29, 1.82) is 0 Å². The summed E-state index contributed by atoms with van der Waals surface area (Å²) in [6.45, 7) is 1.78. The van der Waals surface area contributed by atoms with Gasteiger partial charge in [-0.05, 0) is 6.92 Å². The van der Waals surface area contributed by atoms with Gasteiger partial charge in [0, 0.05) is 7.05 Å². The molecule has 0 unspecified atom stereocenters. The van der Waals surface area contributed by atoms with Crippen molar-refractivity contribution < 1.29 is 4.79 Å². The van der Waals surface area contributed by atoms with E-state index in [4.69, 9.17) is 0 Å². The summed E-state index contributed by atoms with van der Waals surface area (Å²) in [5.41, 5.74) is 0.583. The summed E-state index contributed by atoms with van der Waals surface area (Å²) in [6.07, 6.45) is 3.11. The molecule has 5 heteroatoms. The minimum absolute atomic E-state index is 0.276. The fourth-order valence-corrected chi connectivity index (χ4v) is 0.651. The molecule has 12 heavy (non-hydrogen) atoms. The summed E-state index contributed by atoms with van der Waals surface area (Å²) in [6, 6.07) is -0.276. The van der Waals surface area contributed by atoms with E-state index in [0.717, 1.165) is 0 Å². The van der Waals surface area contributed by atoms with Gasteiger partial charge in [-0.15, -0.1) is 0 Å². The summed E-state index contributed by atoms with van der Waals surface area (Å²) in [5, 5.41) is 4.97. The summed E-state index contributed by atoms with van der Waals surface area (Å²) in [7, 11) is 1.55. The first-order chi connectivity index (χ1) is 5.72. The number of amides is 2. The molecule has 0 aliphatic carbocycles. The molecule has 0 spiro atoms. The van der Waals surface area contributed by atoms with Gasteiger partial charge in [0.05, 0.1) is 18.1 Å². The van der Waals surface area contributed by atoms with E-state index in [9.17, 15) is 4.79 Å². The van der Waals surface area contributed by atoms with Crippen molar-refractivity contribution >= 4 is 11.7 Å². The summed E-state index contributed by atoms with van der Waals surface area (Å²) in [4.78, 5) is 18.6. The minimum atomic E-state index is -0.276. The molecule has 0 atom stereocenters. The van der Waals surface area contributed by atoms with Crippen molar-refractivity contribution in [1.82, 2.24) is 15.3 Å². The molecule has 1 heterocycles. The van der Waals surface area contributed by atoms with Gasteiger partial charge in [-0.25, -0.2) is 14.8 Å². The van der Waals surface area contributed by atoms with E-state index in [2.05, 4.69) is 20.6 Å². The number of carbonyl (C=O) groups excluding carboxylic acids is 1. The van der Waals surface area contributed by atoms with Crippen molar-refractivity contribution in [3.8, 4) is 0 Å². The molecular weight excluding hydrogens is 156 g/mol. The Bertz CT molecular complexity index is 269. The maximum atomic E-state index is 10.8. The van der Waals surface area contributed by atoms with E-state index in [1.807, 2.05) is 0 Å². The zero-order chi connectivity index (χ0) is 8.97. The highest BCUT2D eigenvalue weighted by molar-refractivity contribution is 5.88. The van der Waals surface area contributed by atoms with Gasteiger partial charge in [0.15, 0.2) is 0 Å². The van der Waals surface area contributed by atoms with Gasteiger partial charge < -0.3 is 10.6 Å². The van der Waals surface area contributed by atoms with Crippen LogP contribution in [-0.2, 0) is 0 Å². The largest absolute Gasteiger partial charge is 0.341 e. The van der Waals surface area contributed by atoms with Crippen molar-refractivity contribution in [3.63, 3.8) is 0 Å². The van der Waals surface area contributed by atoms with Crippen molar-refractivity contribution in [2.75, 3.05) is 12.4 Å². The second kappa shape index (κ2) is 3.66. The van der Waals surface area contributed by atoms with Crippen LogP contribution in [0.5, 0.6) is 0 Å². The Morgan fingerprint density at radius 1 is 1.42 bits per heavy atom. The molecule has 1 rings (SSSR count). The third-order valence-corrected chi connectivity index (χ3v) is 1.27. The first-order valence-corrected chi connectivity index (χ1v) is 3.50. The van der Waals surface area contributed by atoms with Crippen molar-refractivity contribution in [3.05, 3.63) is 18.2 Å². The number of hydrogen-bond donors (Lipinski definition) is 2. The number of anilines is 1. The summed E-state index contributed by atoms with van der Waals surface area (Å²) >= 11 is 0. The lowest BCUT2D eigenvalue weighted by atomic mass is 10.5. The van der Waals surface area contributed by atoms with Crippen LogP contribution in [0.3, 0.4) is 0 Å². The number of hydrogen-bond acceptors (Lipinski definition) is 3. The van der Waals surface area contributed by atoms with Gasteiger partial charge in [-0.1, -0.05) is 0 Å². The highest BCUT2D eigenvalue weighted by atomic mass is 16.2. The molecule has 0 saturated carbocycles. The zero-order valence-corrected chi connectivity index (χ0v) is 6.96. The molecule has 0 radical (unpaired) electrons. The van der Waals surface area contributed by atoms with Gasteiger partial charge >= 0.3 is 6.03 Å². The van der Waals surface area contributed by atoms with Crippen molar-refractivity contribution in [2.24, 2.45) is 0 Å². The smallest absolute Gasteiger partial charge is 0.319 e. The van der Waals surface area contributed by atoms with Gasteiger partial charge in [-0.2, -0.15) is 0 Å². The van der Waals surface area contributed by atoms with Gasteiger partial charge in [0.2, 0.25) is 0 Å². The Balaban J connectivity index is 2.64. The third kappa shape index (κ3) is 2.19. The van der Waals surface area contributed by atoms with Gasteiger partial charge in [0.25, 0.3) is 0 Å². The molecule has 0 fully saturated rings. The maximum Gasteiger partial charge on any atom is 0.319 e. The highest BCUT2D eigenvalue weighted by Crippen LogP contribution is 2.00. The quantitative estimate of drug-likeness (QED) is 0.639. The van der Waals surface area contributed by atoms with Crippen molar-refractivity contribution in [2.45, 2.75) is 6.92 Å². The normalized spacial score (nSPS) is 9.17. The minimum Gasteiger partial charge on any atom is -0.341 e. The molecule has 0 aromatic carbocycles. The van der Waals surface area contributed by atoms with Crippen LogP contribution in [-0.4, -0.2) is 23.0 Å². The second-order valence-corrected chi connectivity index (χ2v) is 2.22. The van der Waals surface area contributed by atoms with Crippen LogP contribution in [0.4, 0.5) is 10.5 Å². The third-order valence-electron chi connectivity index (χ3n) is 1.27. The molecule has 2 N–H and O–H groups in total. The predicted octanol–water partition coefficient (Wildman–Crippen LogP) is 0.536. The molecule has 1 aromatic heterocycles. The number of nitrogens with one attached hydrogen (secondary N) is 2. The molecule has 1 aromatic rings. The standard InChI is InChI=1S/C7H10N4O/c1-5-9-3-6(4-10-5)11-7(12)8-2/h3-4H,1-2H3,(H2,8,11,12). The van der Waals surface area contributed by atoms with Crippen LogP contribution in [0.25, 0.3) is 0 Å². The first kappa shape index (κ1) is 8.45. The monoisotopic (exact) mass is 166 g/mol. The fraction of sp³-hybridized carbons (Fsp3) is 0.286. The number of urea groups is 1. The fourth-order valence-electron chi connectivity index (χ4n) is 0.651. The number of rotatable bonds is 1. The lowest BCUT2D eigenvalue weighted by Crippen LogP contribution is -2.24. The first-order valence-electron chi connectivity index (χ1n) is 3.50. The van der Waals surface area contributed by atoms with Crippen LogP contribution >= 0.6 is 0 Å². The van der Waals surface area contributed by atoms with Crippen LogP contribution in [0.1, 0.15) is 5.82 Å². The summed E-state index contributed by atoms with van der Waals surface area (Å²) < 4.78 is 0. The topological polar surface area (TPSA) is 66.9 Å². The van der Waals surface area contributed by atoms with E-state index in [1.54, 1.807) is 26.4 Å². The lowest BCUT2D eigenvalue weighted by Gasteiger charge is -2.02. The molecule has 0 bridgehead atoms. The predicted molar refractivity (Wildman–Crippen MR) is 44.8 cm³/mol. The molecule has 5 nitrogen and oxygen atoms in total. The van der Waals surface area contributed by atoms with Gasteiger partial charge in [0.1, 0.15) is 5.82 Å². The van der Waals surface area contributed by atoms with E-state index in [-0.39, 0.29) is 6.03 Å². The van der Waals surface area contributed by atoms with E-state index in [0.29, 0.717) is 11.5 Å². The lowest BCUT2D eigenvalue weighted by molar-refractivity contribution is 0.254. The van der Waals surface area contributed by atoms with Gasteiger partial charge in [-0.3, -0.25) is 0 Å². The Morgan fingerprint density at radius 3 is 2.50 bits per heavy atom. The zero-order valence-electron chi connectivity index (χ0n) is 6.96. The van der Waals surface area contributed by atoms with E-state index < -0.39 is 0 Å². The van der Waals surface area contributed by atoms with E-state index >= 15 is 0 Å². The average Bonchev–Trinajstić information content (AvgIpc) is 2.09. The second-order valence-electron chi connectivity index (χ2n) is 2.22. The Hall–Kier alpha value is -1.65. The van der Waals surface area contributed by atoms with E-state index in [1.165, 1.54) is 0 Å².